The molecule has 5 nitrogen and oxygen atoms in total. The molecular formula is C10H22N2O3S. The highest BCUT2D eigenvalue weighted by molar-refractivity contribution is 7.87. The van der Waals surface area contributed by atoms with Crippen LogP contribution in [0.15, 0.2) is 0 Å². The largest absolute Gasteiger partial charge is 0.377 e. The number of hydrogen-bond acceptors (Lipinski definition) is 3. The van der Waals surface area contributed by atoms with Gasteiger partial charge in [-0.15, -0.1) is 0 Å². The highest BCUT2D eigenvalue weighted by Crippen LogP contribution is 2.33. The van der Waals surface area contributed by atoms with Gasteiger partial charge in [-0.1, -0.05) is 20.8 Å². The zero-order chi connectivity index (χ0) is 12.4. The van der Waals surface area contributed by atoms with E-state index >= 15 is 0 Å². The van der Waals surface area contributed by atoms with Gasteiger partial charge in [0.2, 0.25) is 0 Å². The maximum Gasteiger partial charge on any atom is 0.274 e. The Balaban J connectivity index is 2.33. The Labute approximate surface area is 97.9 Å². The molecule has 0 aliphatic carbocycles. The van der Waals surface area contributed by atoms with E-state index in [0.717, 1.165) is 12.8 Å². The molecule has 0 aromatic rings. The van der Waals surface area contributed by atoms with Gasteiger partial charge >= 0.3 is 0 Å². The molecule has 1 heterocycles. The van der Waals surface area contributed by atoms with Gasteiger partial charge in [0.25, 0.3) is 10.2 Å². The van der Waals surface area contributed by atoms with Crippen molar-refractivity contribution in [3.8, 4) is 0 Å². The van der Waals surface area contributed by atoms with Crippen LogP contribution in [0.2, 0.25) is 0 Å². The van der Waals surface area contributed by atoms with Crippen molar-refractivity contribution >= 4 is 10.2 Å². The number of hydrogen-bond donors (Lipinski definition) is 2. The predicted molar refractivity (Wildman–Crippen MR) is 63.0 cm³/mol. The third-order valence-electron chi connectivity index (χ3n) is 3.11. The monoisotopic (exact) mass is 250 g/mol. The number of nitrogens with one attached hydrogen (secondary N) is 1. The van der Waals surface area contributed by atoms with E-state index in [1.165, 1.54) is 0 Å². The van der Waals surface area contributed by atoms with E-state index in [4.69, 9.17) is 9.88 Å². The van der Waals surface area contributed by atoms with Crippen LogP contribution in [0.5, 0.6) is 0 Å². The van der Waals surface area contributed by atoms with E-state index in [2.05, 4.69) is 25.5 Å². The van der Waals surface area contributed by atoms with Gasteiger partial charge in [-0.05, 0) is 24.2 Å². The standard InChI is InChI=1S/C10H22N2O3S/c1-10(2,3)8-4-5-9(15-7-8)6-12-16(11,13)14/h8-9,12H,4-7H2,1-3H3,(H2,11,13,14). The van der Waals surface area contributed by atoms with Gasteiger partial charge in [-0.25, -0.2) is 5.14 Å². The lowest BCUT2D eigenvalue weighted by Crippen LogP contribution is -2.41. The lowest BCUT2D eigenvalue weighted by molar-refractivity contribution is -0.0425. The lowest BCUT2D eigenvalue weighted by atomic mass is 9.77. The van der Waals surface area contributed by atoms with Crippen LogP contribution in [0, 0.1) is 11.3 Å². The topological polar surface area (TPSA) is 81.4 Å². The summed E-state index contributed by atoms with van der Waals surface area (Å²) >= 11 is 0. The summed E-state index contributed by atoms with van der Waals surface area (Å²) in [6.07, 6.45) is 1.90. The van der Waals surface area contributed by atoms with Crippen molar-refractivity contribution in [2.24, 2.45) is 16.5 Å². The first kappa shape index (κ1) is 13.9. The summed E-state index contributed by atoms with van der Waals surface area (Å²) in [4.78, 5) is 0. The number of nitrogens with two attached hydrogens (primary N) is 1. The van der Waals surface area contributed by atoms with Crippen molar-refractivity contribution in [1.29, 1.82) is 0 Å². The molecule has 1 aliphatic heterocycles. The van der Waals surface area contributed by atoms with E-state index in [1.54, 1.807) is 0 Å². The fourth-order valence-corrected chi connectivity index (χ4v) is 2.28. The highest BCUT2D eigenvalue weighted by atomic mass is 32.2. The minimum Gasteiger partial charge on any atom is -0.377 e. The summed E-state index contributed by atoms with van der Waals surface area (Å²) in [5.41, 5.74) is 0.248. The second-order valence-electron chi connectivity index (χ2n) is 5.49. The fraction of sp³-hybridized carbons (Fsp3) is 1.00. The third kappa shape index (κ3) is 4.78. The second kappa shape index (κ2) is 5.00. The summed E-state index contributed by atoms with van der Waals surface area (Å²) in [5, 5.41) is 4.85. The normalized spacial score (nSPS) is 28.0. The van der Waals surface area contributed by atoms with Crippen LogP contribution in [0.3, 0.4) is 0 Å². The first-order valence-electron chi connectivity index (χ1n) is 5.57. The molecule has 0 spiro atoms. The van der Waals surface area contributed by atoms with Gasteiger partial charge in [-0.2, -0.15) is 13.1 Å². The average Bonchev–Trinajstić information content (AvgIpc) is 2.13. The molecule has 1 aliphatic rings. The van der Waals surface area contributed by atoms with E-state index < -0.39 is 10.2 Å². The predicted octanol–water partition coefficient (Wildman–Crippen LogP) is 0.621. The Bertz CT molecular complexity index is 313. The molecule has 3 N–H and O–H groups in total. The lowest BCUT2D eigenvalue weighted by Gasteiger charge is -2.36. The maximum atomic E-state index is 10.7. The Hall–Kier alpha value is -0.170. The quantitative estimate of drug-likeness (QED) is 0.770. The SMILES string of the molecule is CC(C)(C)C1CCC(CNS(N)(=O)=O)OC1. The molecule has 1 saturated heterocycles. The molecular weight excluding hydrogens is 228 g/mol. The minimum atomic E-state index is -3.60. The van der Waals surface area contributed by atoms with Crippen LogP contribution in [0.25, 0.3) is 0 Å². The Kier molecular flexibility index (Phi) is 4.34. The fourth-order valence-electron chi connectivity index (χ4n) is 1.86. The highest BCUT2D eigenvalue weighted by Gasteiger charge is 2.30. The van der Waals surface area contributed by atoms with Crippen molar-refractivity contribution < 1.29 is 13.2 Å². The smallest absolute Gasteiger partial charge is 0.274 e. The third-order valence-corrected chi connectivity index (χ3v) is 3.68. The van der Waals surface area contributed by atoms with Crippen LogP contribution in [0.1, 0.15) is 33.6 Å². The summed E-state index contributed by atoms with van der Waals surface area (Å²) in [7, 11) is -3.60. The average molecular weight is 250 g/mol. The molecule has 0 saturated carbocycles. The summed E-state index contributed by atoms with van der Waals surface area (Å²) in [6.45, 7) is 7.56. The molecule has 1 rings (SSSR count). The van der Waals surface area contributed by atoms with Crippen molar-refractivity contribution in [2.45, 2.75) is 39.7 Å². The van der Waals surface area contributed by atoms with Gasteiger partial charge in [0.15, 0.2) is 0 Å². The van der Waals surface area contributed by atoms with Crippen LogP contribution >= 0.6 is 0 Å². The zero-order valence-electron chi connectivity index (χ0n) is 10.2. The van der Waals surface area contributed by atoms with E-state index in [0.29, 0.717) is 12.5 Å². The molecule has 1 fully saturated rings. The molecule has 0 amide bonds. The van der Waals surface area contributed by atoms with E-state index in [9.17, 15) is 8.42 Å². The summed E-state index contributed by atoms with van der Waals surface area (Å²) in [6, 6.07) is 0. The van der Waals surface area contributed by atoms with Crippen LogP contribution in [-0.2, 0) is 14.9 Å². The first-order valence-corrected chi connectivity index (χ1v) is 7.12. The van der Waals surface area contributed by atoms with E-state index in [1.807, 2.05) is 0 Å². The van der Waals surface area contributed by atoms with Crippen molar-refractivity contribution in [1.82, 2.24) is 4.72 Å². The van der Waals surface area contributed by atoms with E-state index in [-0.39, 0.29) is 18.1 Å². The van der Waals surface area contributed by atoms with Gasteiger partial charge in [0.1, 0.15) is 0 Å². The second-order valence-corrected chi connectivity index (χ2v) is 6.87. The molecule has 96 valence electrons. The van der Waals surface area contributed by atoms with Crippen LogP contribution in [0.4, 0.5) is 0 Å². The van der Waals surface area contributed by atoms with Crippen LogP contribution in [-0.4, -0.2) is 27.7 Å². The molecule has 6 heteroatoms. The number of rotatable bonds is 3. The number of ether oxygens (including phenoxy) is 1. The van der Waals surface area contributed by atoms with Crippen molar-refractivity contribution in [2.75, 3.05) is 13.2 Å². The van der Waals surface area contributed by atoms with Gasteiger partial charge in [0, 0.05) is 6.54 Å². The maximum absolute atomic E-state index is 10.7. The Morgan fingerprint density at radius 2 is 2.00 bits per heavy atom. The van der Waals surface area contributed by atoms with Crippen molar-refractivity contribution in [3.05, 3.63) is 0 Å². The molecule has 0 radical (unpaired) electrons. The molecule has 0 aromatic heterocycles. The van der Waals surface area contributed by atoms with Crippen molar-refractivity contribution in [3.63, 3.8) is 0 Å². The molecule has 16 heavy (non-hydrogen) atoms. The minimum absolute atomic E-state index is 0.0445. The van der Waals surface area contributed by atoms with Crippen LogP contribution < -0.4 is 9.86 Å². The Morgan fingerprint density at radius 1 is 1.38 bits per heavy atom. The van der Waals surface area contributed by atoms with Gasteiger partial charge in [0.05, 0.1) is 12.7 Å². The molecule has 2 unspecified atom stereocenters. The summed E-state index contributed by atoms with van der Waals surface area (Å²) in [5.74, 6) is 0.540. The Morgan fingerprint density at radius 3 is 2.38 bits per heavy atom. The van der Waals surface area contributed by atoms with Gasteiger partial charge < -0.3 is 4.74 Å². The van der Waals surface area contributed by atoms with Gasteiger partial charge in [-0.3, -0.25) is 0 Å². The zero-order valence-corrected chi connectivity index (χ0v) is 11.0. The molecule has 0 bridgehead atoms. The molecule has 0 aromatic carbocycles. The first-order chi connectivity index (χ1) is 7.18. The summed E-state index contributed by atoms with van der Waals surface area (Å²) < 4.78 is 29.3. The molecule has 2 atom stereocenters.